The fraction of sp³-hybridized carbons (Fsp3) is 0.368. The van der Waals surface area contributed by atoms with Gasteiger partial charge in [0.15, 0.2) is 6.61 Å². The predicted molar refractivity (Wildman–Crippen MR) is 104 cm³/mol. The fourth-order valence-electron chi connectivity index (χ4n) is 2.95. The van der Waals surface area contributed by atoms with Crippen molar-refractivity contribution in [3.05, 3.63) is 56.3 Å². The van der Waals surface area contributed by atoms with Crippen molar-refractivity contribution in [3.63, 3.8) is 0 Å². The number of rotatable bonds is 6. The molecule has 1 aromatic heterocycles. The van der Waals surface area contributed by atoms with Crippen LogP contribution in [0.5, 0.6) is 0 Å². The number of hydrogen-bond donors (Lipinski definition) is 3. The molecule has 27 heavy (non-hydrogen) atoms. The maximum Gasteiger partial charge on any atom is 0.355 e. The highest BCUT2D eigenvalue weighted by Crippen LogP contribution is 2.26. The van der Waals surface area contributed by atoms with Gasteiger partial charge in [-0.1, -0.05) is 29.3 Å². The van der Waals surface area contributed by atoms with Gasteiger partial charge >= 0.3 is 5.97 Å². The summed E-state index contributed by atoms with van der Waals surface area (Å²) >= 11 is 11.9. The smallest absolute Gasteiger partial charge is 0.355 e. The summed E-state index contributed by atoms with van der Waals surface area (Å²) in [6.45, 7) is 6.46. The zero-order chi connectivity index (χ0) is 20.3. The fourth-order valence-corrected chi connectivity index (χ4v) is 3.25. The molecule has 0 saturated carbocycles. The number of amides is 1. The summed E-state index contributed by atoms with van der Waals surface area (Å²) in [5.74, 6) is -1.10. The molecule has 6 nitrogen and oxygen atoms in total. The van der Waals surface area contributed by atoms with E-state index < -0.39 is 24.6 Å². The molecule has 0 aliphatic heterocycles. The van der Waals surface area contributed by atoms with Crippen molar-refractivity contribution in [3.8, 4) is 0 Å². The Balaban J connectivity index is 1.96. The number of carbonyl (C=O) groups is 2. The number of H-pyrrole nitrogens is 1. The number of aliphatic hydroxyl groups excluding tert-OH is 1. The van der Waals surface area contributed by atoms with Gasteiger partial charge in [0.2, 0.25) is 0 Å². The number of aliphatic hydroxyl groups is 1. The highest BCUT2D eigenvalue weighted by Gasteiger charge is 2.22. The summed E-state index contributed by atoms with van der Waals surface area (Å²) in [5, 5.41) is 13.3. The number of nitrogens with one attached hydrogen (secondary N) is 2. The van der Waals surface area contributed by atoms with Crippen molar-refractivity contribution < 1.29 is 19.4 Å². The third kappa shape index (κ3) is 5.03. The lowest BCUT2D eigenvalue weighted by atomic mass is 10.1. The number of carbonyl (C=O) groups excluding carboxylic acids is 2. The summed E-state index contributed by atoms with van der Waals surface area (Å²) < 4.78 is 5.09. The van der Waals surface area contributed by atoms with Crippen LogP contribution in [0.25, 0.3) is 0 Å². The van der Waals surface area contributed by atoms with Gasteiger partial charge in [-0.15, -0.1) is 0 Å². The maximum atomic E-state index is 12.2. The van der Waals surface area contributed by atoms with E-state index in [0.29, 0.717) is 26.9 Å². The maximum absolute atomic E-state index is 12.2. The average molecular weight is 413 g/mol. The minimum Gasteiger partial charge on any atom is -0.451 e. The predicted octanol–water partition coefficient (Wildman–Crippen LogP) is 4.03. The standard InChI is InChI=1S/C19H22Cl2N2O4/c1-9-17(12(4)24)11(3)23-18(9)19(26)27-8-16(25)22-10(2)13-5-6-14(20)15(21)7-13/h5-7,10,12,23-24H,8H2,1-4H3,(H,22,25)/t10-,12+/m1/s1. The third-order valence-corrected chi connectivity index (χ3v) is 5.01. The van der Waals surface area contributed by atoms with Crippen molar-refractivity contribution in [1.29, 1.82) is 0 Å². The van der Waals surface area contributed by atoms with Crippen LogP contribution in [0.15, 0.2) is 18.2 Å². The lowest BCUT2D eigenvalue weighted by molar-refractivity contribution is -0.124. The molecule has 0 unspecified atom stereocenters. The molecule has 1 aromatic carbocycles. The molecule has 0 saturated heterocycles. The molecule has 0 aliphatic carbocycles. The number of aromatic nitrogens is 1. The van der Waals surface area contributed by atoms with Crippen LogP contribution in [0.1, 0.15) is 58.9 Å². The summed E-state index contributed by atoms with van der Waals surface area (Å²) in [7, 11) is 0. The Morgan fingerprint density at radius 2 is 1.89 bits per heavy atom. The first-order valence-electron chi connectivity index (χ1n) is 8.40. The van der Waals surface area contributed by atoms with Crippen molar-refractivity contribution in [2.75, 3.05) is 6.61 Å². The van der Waals surface area contributed by atoms with Gasteiger partial charge in [0, 0.05) is 11.3 Å². The Kier molecular flexibility index (Phi) is 6.92. The topological polar surface area (TPSA) is 91.4 Å². The van der Waals surface area contributed by atoms with Gasteiger partial charge in [-0.3, -0.25) is 4.79 Å². The van der Waals surface area contributed by atoms with Gasteiger partial charge in [0.05, 0.1) is 22.2 Å². The van der Waals surface area contributed by atoms with Gasteiger partial charge in [-0.2, -0.15) is 0 Å². The molecule has 0 spiro atoms. The normalized spacial score (nSPS) is 13.1. The molecule has 2 atom stereocenters. The molecule has 146 valence electrons. The Morgan fingerprint density at radius 3 is 2.44 bits per heavy atom. The van der Waals surface area contributed by atoms with Crippen LogP contribution >= 0.6 is 23.2 Å². The zero-order valence-electron chi connectivity index (χ0n) is 15.5. The van der Waals surface area contributed by atoms with E-state index >= 15 is 0 Å². The Bertz CT molecular complexity index is 862. The monoisotopic (exact) mass is 412 g/mol. The number of benzene rings is 1. The van der Waals surface area contributed by atoms with Gasteiger partial charge in [0.1, 0.15) is 5.69 Å². The molecule has 0 radical (unpaired) electrons. The lowest BCUT2D eigenvalue weighted by Crippen LogP contribution is -2.31. The molecule has 0 bridgehead atoms. The van der Waals surface area contributed by atoms with Crippen molar-refractivity contribution in [2.45, 2.75) is 39.8 Å². The van der Waals surface area contributed by atoms with Crippen LogP contribution in [-0.2, 0) is 9.53 Å². The first-order chi connectivity index (χ1) is 12.6. The van der Waals surface area contributed by atoms with Crippen LogP contribution in [0.3, 0.4) is 0 Å². The highest BCUT2D eigenvalue weighted by molar-refractivity contribution is 6.42. The van der Waals surface area contributed by atoms with Crippen LogP contribution in [0.4, 0.5) is 0 Å². The molecule has 0 aliphatic rings. The van der Waals surface area contributed by atoms with Crippen molar-refractivity contribution >= 4 is 35.1 Å². The van der Waals surface area contributed by atoms with Crippen molar-refractivity contribution in [2.24, 2.45) is 0 Å². The summed E-state index contributed by atoms with van der Waals surface area (Å²) in [6, 6.07) is 4.75. The second kappa shape index (κ2) is 8.78. The van der Waals surface area contributed by atoms with E-state index in [1.807, 2.05) is 0 Å². The number of aryl methyl sites for hydroxylation is 1. The summed E-state index contributed by atoms with van der Waals surface area (Å²) in [5.41, 5.74) is 2.96. The van der Waals surface area contributed by atoms with E-state index in [-0.39, 0.29) is 11.7 Å². The van der Waals surface area contributed by atoms with E-state index in [0.717, 1.165) is 5.56 Å². The van der Waals surface area contributed by atoms with Crippen LogP contribution in [-0.4, -0.2) is 28.6 Å². The van der Waals surface area contributed by atoms with Crippen LogP contribution in [0, 0.1) is 13.8 Å². The van der Waals surface area contributed by atoms with E-state index in [9.17, 15) is 14.7 Å². The molecule has 2 aromatic rings. The number of hydrogen-bond acceptors (Lipinski definition) is 4. The summed E-state index contributed by atoms with van der Waals surface area (Å²) in [6.07, 6.45) is -0.710. The molecule has 8 heteroatoms. The minimum absolute atomic E-state index is 0.230. The highest BCUT2D eigenvalue weighted by atomic mass is 35.5. The molecule has 3 N–H and O–H groups in total. The molecule has 1 heterocycles. The van der Waals surface area contributed by atoms with Gasteiger partial charge in [-0.25, -0.2) is 4.79 Å². The Morgan fingerprint density at radius 1 is 1.22 bits per heavy atom. The second-order valence-corrected chi connectivity index (χ2v) is 7.19. The number of halogens is 2. The summed E-state index contributed by atoms with van der Waals surface area (Å²) in [4.78, 5) is 27.2. The first-order valence-corrected chi connectivity index (χ1v) is 9.16. The molecule has 2 rings (SSSR count). The quantitative estimate of drug-likeness (QED) is 0.624. The Labute approximate surface area is 167 Å². The first kappa shape index (κ1) is 21.3. The average Bonchev–Trinajstić information content (AvgIpc) is 2.89. The molecule has 1 amide bonds. The van der Waals surface area contributed by atoms with E-state index in [4.69, 9.17) is 27.9 Å². The number of aromatic amines is 1. The van der Waals surface area contributed by atoms with Crippen LogP contribution < -0.4 is 5.32 Å². The number of ether oxygens (including phenoxy) is 1. The zero-order valence-corrected chi connectivity index (χ0v) is 17.0. The molecular formula is C19H22Cl2N2O4. The van der Waals surface area contributed by atoms with E-state index in [1.54, 1.807) is 45.9 Å². The third-order valence-electron chi connectivity index (χ3n) is 4.27. The van der Waals surface area contributed by atoms with E-state index in [1.165, 1.54) is 0 Å². The van der Waals surface area contributed by atoms with Crippen LogP contribution in [0.2, 0.25) is 10.0 Å². The van der Waals surface area contributed by atoms with Crippen molar-refractivity contribution in [1.82, 2.24) is 10.3 Å². The lowest BCUT2D eigenvalue weighted by Gasteiger charge is -2.15. The molecule has 0 fully saturated rings. The second-order valence-electron chi connectivity index (χ2n) is 6.38. The number of esters is 1. The van der Waals surface area contributed by atoms with Gasteiger partial charge < -0.3 is 20.1 Å². The van der Waals surface area contributed by atoms with Gasteiger partial charge in [0.25, 0.3) is 5.91 Å². The minimum atomic E-state index is -0.710. The molecular weight excluding hydrogens is 391 g/mol. The van der Waals surface area contributed by atoms with E-state index in [2.05, 4.69) is 10.3 Å². The Hall–Kier alpha value is -2.02. The van der Waals surface area contributed by atoms with Gasteiger partial charge in [-0.05, 0) is 51.0 Å². The largest absolute Gasteiger partial charge is 0.451 e. The SMILES string of the molecule is Cc1[nH]c(C(=O)OCC(=O)N[C@H](C)c2ccc(Cl)c(Cl)c2)c(C)c1[C@H](C)O.